The van der Waals surface area contributed by atoms with Gasteiger partial charge >= 0.3 is 0 Å². The smallest absolute Gasteiger partial charge is 0.270 e. The van der Waals surface area contributed by atoms with Gasteiger partial charge in [0, 0.05) is 67.2 Å². The van der Waals surface area contributed by atoms with E-state index in [2.05, 4.69) is 48.8 Å². The van der Waals surface area contributed by atoms with Crippen molar-refractivity contribution in [3.63, 3.8) is 0 Å². The summed E-state index contributed by atoms with van der Waals surface area (Å²) >= 11 is 1.45. The lowest BCUT2D eigenvalue weighted by Gasteiger charge is -2.56. The van der Waals surface area contributed by atoms with Crippen LogP contribution in [0.2, 0.25) is 0 Å². The van der Waals surface area contributed by atoms with E-state index in [9.17, 15) is 28.8 Å². The van der Waals surface area contributed by atoms with E-state index in [4.69, 9.17) is 10.1 Å². The van der Waals surface area contributed by atoms with E-state index in [1.807, 2.05) is 54.7 Å². The number of rotatable bonds is 18. The first-order valence-corrected chi connectivity index (χ1v) is 28.2. The number of unbranched alkanes of at least 4 members (excludes halogenated alkanes) is 5. The topological polar surface area (TPSA) is 201 Å². The minimum atomic E-state index is -1.01. The number of amides is 6. The summed E-state index contributed by atoms with van der Waals surface area (Å²) in [5, 5.41) is 17.4. The van der Waals surface area contributed by atoms with E-state index in [-0.39, 0.29) is 35.8 Å². The van der Waals surface area contributed by atoms with Crippen molar-refractivity contribution in [2.24, 2.45) is 23.2 Å². The molecule has 6 heterocycles. The van der Waals surface area contributed by atoms with Crippen molar-refractivity contribution < 1.29 is 28.8 Å². The fraction of sp³-hybridized carbons (Fsp3) is 0.441. The summed E-state index contributed by atoms with van der Waals surface area (Å²) in [6.45, 7) is 5.30. The fourth-order valence-electron chi connectivity index (χ4n) is 13.9. The normalized spacial score (nSPS) is 22.5. The van der Waals surface area contributed by atoms with Crippen molar-refractivity contribution in [3.8, 4) is 11.1 Å². The van der Waals surface area contributed by atoms with Crippen LogP contribution < -0.4 is 26.2 Å². The van der Waals surface area contributed by atoms with Crippen molar-refractivity contribution in [1.82, 2.24) is 35.3 Å². The molecule has 6 amide bonds. The van der Waals surface area contributed by atoms with Crippen LogP contribution in [0.4, 0.5) is 16.6 Å². The third kappa shape index (κ3) is 9.66. The standard InChI is InChI=1S/C59H64N10O6S/c1-35-43(32-62-68(35)34-59-29-36-26-37(30-59)28-38(27-36)31-59)40-18-20-49(67-25-22-39-12-10-13-41(44(39)33-67)53(71)66-58-63-45-15-6-7-17-48(45)76-58)64-52(40)55(73)61-24-9-5-3-2-4-8-23-60-46-16-11-14-42-51(46)57(75)69(56(42)74)47-19-21-50(70)65-54(47)72/h6-7,10-18,20,32,36-38,47,60H,2-5,8-9,19,21-31,33-34H2,1H3,(H,61,73)(H,63,66,71)(H,65,70,72). The lowest BCUT2D eigenvalue weighted by atomic mass is 9.49. The second kappa shape index (κ2) is 20.7. The molecule has 4 N–H and O–H groups in total. The summed E-state index contributed by atoms with van der Waals surface area (Å²) in [6.07, 6.45) is 16.4. The van der Waals surface area contributed by atoms with Crippen molar-refractivity contribution in [3.05, 3.63) is 118 Å². The SMILES string of the molecule is Cc1c(-c2ccc(N3CCc4cccc(C(=O)Nc5nc6ccccc6s5)c4C3)nc2C(=O)NCCCCCCCCNc2cccc3c2C(=O)N(C2CCC(=O)NC2=O)C3=O)cnn1CC12CC3CC(CC(C3)C1)C2. The van der Waals surface area contributed by atoms with Crippen LogP contribution in [0.15, 0.2) is 79.0 Å². The van der Waals surface area contributed by atoms with Crippen molar-refractivity contribution in [2.45, 2.75) is 122 Å². The summed E-state index contributed by atoms with van der Waals surface area (Å²) in [6, 6.07) is 21.9. The summed E-state index contributed by atoms with van der Waals surface area (Å²) in [5.74, 6) is 0.706. The third-order valence-electron chi connectivity index (χ3n) is 17.2. The van der Waals surface area contributed by atoms with E-state index in [1.54, 1.807) is 18.2 Å². The third-order valence-corrected chi connectivity index (χ3v) is 18.1. The maximum absolute atomic E-state index is 14.5. The molecule has 7 aliphatic rings. The number of carbonyl (C=O) groups is 6. The molecule has 4 saturated carbocycles. The van der Waals surface area contributed by atoms with E-state index >= 15 is 0 Å². The Morgan fingerprint density at radius 2 is 1.51 bits per heavy atom. The summed E-state index contributed by atoms with van der Waals surface area (Å²) in [4.78, 5) is 92.4. The molecule has 4 bridgehead atoms. The maximum Gasteiger partial charge on any atom is 0.270 e. The van der Waals surface area contributed by atoms with E-state index < -0.39 is 29.7 Å². The second-order valence-corrected chi connectivity index (χ2v) is 23.4. The first-order chi connectivity index (χ1) is 37.0. The largest absolute Gasteiger partial charge is 0.384 e. The molecule has 1 unspecified atom stereocenters. The predicted octanol–water partition coefficient (Wildman–Crippen LogP) is 9.48. The number of pyridine rings is 1. The van der Waals surface area contributed by atoms with E-state index in [0.29, 0.717) is 59.5 Å². The number of piperidine rings is 1. The number of hydrogen-bond acceptors (Lipinski definition) is 12. The van der Waals surface area contributed by atoms with Crippen molar-refractivity contribution >= 4 is 73.6 Å². The van der Waals surface area contributed by atoms with Gasteiger partial charge in [-0.25, -0.2) is 9.97 Å². The molecule has 3 aromatic carbocycles. The zero-order chi connectivity index (χ0) is 52.1. The number of imide groups is 2. The molecule has 4 aliphatic carbocycles. The molecule has 3 aromatic heterocycles. The Morgan fingerprint density at radius 1 is 0.763 bits per heavy atom. The molecule has 392 valence electrons. The number of hydrogen-bond donors (Lipinski definition) is 4. The van der Waals surface area contributed by atoms with Crippen LogP contribution in [0.25, 0.3) is 21.3 Å². The van der Waals surface area contributed by atoms with Gasteiger partial charge in [-0.3, -0.25) is 49.0 Å². The highest BCUT2D eigenvalue weighted by Crippen LogP contribution is 2.60. The Morgan fingerprint density at radius 3 is 2.29 bits per heavy atom. The van der Waals surface area contributed by atoms with Crippen molar-refractivity contribution in [1.29, 1.82) is 0 Å². The number of anilines is 3. The summed E-state index contributed by atoms with van der Waals surface area (Å²) < 4.78 is 3.21. The molecule has 1 atom stereocenters. The number of fused-ring (bicyclic) bond motifs is 3. The quantitative estimate of drug-likeness (QED) is 0.0472. The molecule has 3 aliphatic heterocycles. The number of nitrogens with one attached hydrogen (secondary N) is 4. The second-order valence-electron chi connectivity index (χ2n) is 22.3. The van der Waals surface area contributed by atoms with Crippen LogP contribution in [0, 0.1) is 30.1 Å². The number of aromatic nitrogens is 4. The lowest BCUT2D eigenvalue weighted by Crippen LogP contribution is -2.54. The Hall–Kier alpha value is -7.27. The molecule has 1 saturated heterocycles. The minimum absolute atomic E-state index is 0.0702. The number of thiazole rings is 1. The predicted molar refractivity (Wildman–Crippen MR) is 291 cm³/mol. The summed E-state index contributed by atoms with van der Waals surface area (Å²) in [5.41, 5.74) is 8.00. The van der Waals surface area contributed by atoms with Gasteiger partial charge in [0.1, 0.15) is 17.6 Å². The van der Waals surface area contributed by atoms with Crippen LogP contribution in [0.5, 0.6) is 0 Å². The van der Waals surface area contributed by atoms with Crippen LogP contribution in [0.1, 0.15) is 148 Å². The van der Waals surface area contributed by atoms with Gasteiger partial charge in [-0.05, 0) is 148 Å². The number of benzene rings is 3. The van der Waals surface area contributed by atoms with Gasteiger partial charge in [-0.15, -0.1) is 0 Å². The number of carbonyl (C=O) groups excluding carboxylic acids is 6. The highest BCUT2D eigenvalue weighted by Gasteiger charge is 2.51. The zero-order valence-electron chi connectivity index (χ0n) is 43.0. The molecular formula is C59H64N10O6S. The van der Waals surface area contributed by atoms with Gasteiger partial charge in [0.05, 0.1) is 27.5 Å². The van der Waals surface area contributed by atoms with Crippen LogP contribution in [0.3, 0.4) is 0 Å². The zero-order valence-corrected chi connectivity index (χ0v) is 43.8. The van der Waals surface area contributed by atoms with Gasteiger partial charge in [-0.1, -0.05) is 67.4 Å². The maximum atomic E-state index is 14.5. The van der Waals surface area contributed by atoms with Crippen LogP contribution >= 0.6 is 11.3 Å². The van der Waals surface area contributed by atoms with Crippen molar-refractivity contribution in [2.75, 3.05) is 35.2 Å². The molecule has 76 heavy (non-hydrogen) atoms. The molecule has 17 heteroatoms. The van der Waals surface area contributed by atoms with Gasteiger partial charge in [0.15, 0.2) is 5.13 Å². The number of para-hydroxylation sites is 1. The Labute approximate surface area is 445 Å². The van der Waals surface area contributed by atoms with Crippen LogP contribution in [-0.4, -0.2) is 85.8 Å². The minimum Gasteiger partial charge on any atom is -0.384 e. The molecule has 16 nitrogen and oxygen atoms in total. The molecule has 13 rings (SSSR count). The molecular weight excluding hydrogens is 977 g/mol. The van der Waals surface area contributed by atoms with Gasteiger partial charge in [-0.2, -0.15) is 5.10 Å². The molecule has 5 fully saturated rings. The first kappa shape index (κ1) is 49.6. The van der Waals surface area contributed by atoms with Gasteiger partial charge in [0.2, 0.25) is 11.8 Å². The number of nitrogens with zero attached hydrogens (tertiary/aromatic N) is 6. The Bertz CT molecular complexity index is 3240. The Balaban J connectivity index is 0.686. The Kier molecular flexibility index (Phi) is 13.5. The van der Waals surface area contributed by atoms with E-state index in [0.717, 1.165) is 112 Å². The van der Waals surface area contributed by atoms with Gasteiger partial charge in [0.25, 0.3) is 23.6 Å². The molecule has 0 radical (unpaired) electrons. The highest BCUT2D eigenvalue weighted by molar-refractivity contribution is 7.22. The van der Waals surface area contributed by atoms with Crippen LogP contribution in [-0.2, 0) is 29.1 Å². The van der Waals surface area contributed by atoms with E-state index in [1.165, 1.54) is 49.9 Å². The average molecular weight is 1040 g/mol. The molecule has 0 spiro atoms. The van der Waals surface area contributed by atoms with Gasteiger partial charge < -0.3 is 15.5 Å². The molecule has 6 aromatic rings. The lowest BCUT2D eigenvalue weighted by molar-refractivity contribution is -0.136. The first-order valence-electron chi connectivity index (χ1n) is 27.4. The average Bonchev–Trinajstić information content (AvgIpc) is 4.12. The fourth-order valence-corrected chi connectivity index (χ4v) is 14.8. The monoisotopic (exact) mass is 1040 g/mol. The summed E-state index contributed by atoms with van der Waals surface area (Å²) in [7, 11) is 0. The highest BCUT2D eigenvalue weighted by atomic mass is 32.1.